The second-order valence-corrected chi connectivity index (χ2v) is 7.62. The van der Waals surface area contributed by atoms with Crippen LogP contribution in [0.4, 0.5) is 13.2 Å². The van der Waals surface area contributed by atoms with Crippen molar-refractivity contribution in [2.45, 2.75) is 24.3 Å². The van der Waals surface area contributed by atoms with Gasteiger partial charge in [-0.1, -0.05) is 42.1 Å². The van der Waals surface area contributed by atoms with E-state index in [2.05, 4.69) is 4.98 Å². The van der Waals surface area contributed by atoms with Crippen LogP contribution < -0.4 is 0 Å². The standard InChI is InChI=1S/C21H19F3N4OS/c1-27(11-5-10-25)19(29)14-30-20-26-17-12-16(21(22,23)24)8-9-18(17)28(20)13-15-6-3-2-4-7-15/h2-4,6-9,12H,5,11,13-14H2,1H3. The van der Waals surface area contributed by atoms with Gasteiger partial charge in [0, 0.05) is 13.6 Å². The molecular weight excluding hydrogens is 413 g/mol. The topological polar surface area (TPSA) is 61.9 Å². The lowest BCUT2D eigenvalue weighted by atomic mass is 10.2. The van der Waals surface area contributed by atoms with Gasteiger partial charge in [0.2, 0.25) is 5.91 Å². The average molecular weight is 432 g/mol. The highest BCUT2D eigenvalue weighted by Crippen LogP contribution is 2.33. The highest BCUT2D eigenvalue weighted by atomic mass is 32.2. The fourth-order valence-electron chi connectivity index (χ4n) is 2.89. The Bertz CT molecular complexity index is 1070. The Morgan fingerprint density at radius 1 is 1.23 bits per heavy atom. The summed E-state index contributed by atoms with van der Waals surface area (Å²) < 4.78 is 41.1. The predicted octanol–water partition coefficient (Wildman–Crippen LogP) is 4.57. The van der Waals surface area contributed by atoms with Crippen molar-refractivity contribution >= 4 is 28.7 Å². The number of halogens is 3. The van der Waals surface area contributed by atoms with Gasteiger partial charge in [-0.05, 0) is 23.8 Å². The third-order valence-corrected chi connectivity index (χ3v) is 5.49. The highest BCUT2D eigenvalue weighted by molar-refractivity contribution is 7.99. The van der Waals surface area contributed by atoms with Crippen molar-refractivity contribution in [3.8, 4) is 6.07 Å². The number of fused-ring (bicyclic) bond motifs is 1. The van der Waals surface area contributed by atoms with Crippen molar-refractivity contribution in [3.05, 3.63) is 59.7 Å². The van der Waals surface area contributed by atoms with Crippen LogP contribution in [0.1, 0.15) is 17.5 Å². The second-order valence-electron chi connectivity index (χ2n) is 6.68. The first-order valence-electron chi connectivity index (χ1n) is 9.14. The number of nitriles is 1. The van der Waals surface area contributed by atoms with Gasteiger partial charge < -0.3 is 9.47 Å². The normalized spacial score (nSPS) is 11.4. The van der Waals surface area contributed by atoms with E-state index < -0.39 is 11.7 Å². The van der Waals surface area contributed by atoms with E-state index in [0.717, 1.165) is 17.7 Å². The quantitative estimate of drug-likeness (QED) is 0.513. The van der Waals surface area contributed by atoms with Crippen LogP contribution >= 0.6 is 11.8 Å². The Hall–Kier alpha value is -2.99. The van der Waals surface area contributed by atoms with Crippen molar-refractivity contribution in [1.82, 2.24) is 14.5 Å². The van der Waals surface area contributed by atoms with Crippen molar-refractivity contribution in [2.24, 2.45) is 0 Å². The average Bonchev–Trinajstić information content (AvgIpc) is 3.07. The Labute approximate surface area is 176 Å². The second kappa shape index (κ2) is 9.22. The lowest BCUT2D eigenvalue weighted by Gasteiger charge is -2.15. The molecule has 30 heavy (non-hydrogen) atoms. The maximum Gasteiger partial charge on any atom is 0.416 e. The molecule has 0 aliphatic carbocycles. The third-order valence-electron chi connectivity index (χ3n) is 4.53. The molecule has 0 N–H and O–H groups in total. The van der Waals surface area contributed by atoms with E-state index in [0.29, 0.717) is 23.8 Å². The van der Waals surface area contributed by atoms with Gasteiger partial charge in [-0.2, -0.15) is 18.4 Å². The molecule has 0 radical (unpaired) electrons. The summed E-state index contributed by atoms with van der Waals surface area (Å²) in [6.07, 6.45) is -4.22. The number of thioether (sulfide) groups is 1. The molecule has 0 fully saturated rings. The van der Waals surface area contributed by atoms with Gasteiger partial charge in [-0.15, -0.1) is 0 Å². The zero-order chi connectivity index (χ0) is 21.7. The molecule has 0 bridgehead atoms. The first-order valence-corrected chi connectivity index (χ1v) is 10.1. The molecule has 1 amide bonds. The van der Waals surface area contributed by atoms with E-state index in [4.69, 9.17) is 5.26 Å². The number of imidazole rings is 1. The van der Waals surface area contributed by atoms with Crippen LogP contribution in [0.2, 0.25) is 0 Å². The predicted molar refractivity (Wildman–Crippen MR) is 109 cm³/mol. The Kier molecular flexibility index (Phi) is 6.67. The molecule has 0 aliphatic heterocycles. The molecule has 9 heteroatoms. The summed E-state index contributed by atoms with van der Waals surface area (Å²) in [5, 5.41) is 9.12. The van der Waals surface area contributed by atoms with Crippen LogP contribution in [-0.4, -0.2) is 39.7 Å². The van der Waals surface area contributed by atoms with E-state index in [1.165, 1.54) is 22.7 Å². The highest BCUT2D eigenvalue weighted by Gasteiger charge is 2.31. The largest absolute Gasteiger partial charge is 0.416 e. The number of rotatable bonds is 7. The smallest absolute Gasteiger partial charge is 0.344 e. The van der Waals surface area contributed by atoms with Crippen molar-refractivity contribution in [1.29, 1.82) is 5.26 Å². The first kappa shape index (κ1) is 21.7. The van der Waals surface area contributed by atoms with Crippen LogP contribution in [0.5, 0.6) is 0 Å². The molecule has 2 aromatic carbocycles. The molecule has 0 spiro atoms. The zero-order valence-electron chi connectivity index (χ0n) is 16.2. The number of carbonyl (C=O) groups is 1. The molecule has 156 valence electrons. The summed E-state index contributed by atoms with van der Waals surface area (Å²) >= 11 is 1.17. The summed E-state index contributed by atoms with van der Waals surface area (Å²) in [4.78, 5) is 18.1. The van der Waals surface area contributed by atoms with E-state index in [1.54, 1.807) is 7.05 Å². The maximum atomic E-state index is 13.1. The number of hydrogen-bond acceptors (Lipinski definition) is 4. The minimum Gasteiger partial charge on any atom is -0.344 e. The fourth-order valence-corrected chi connectivity index (χ4v) is 3.85. The van der Waals surface area contributed by atoms with Gasteiger partial charge in [-0.3, -0.25) is 4.79 Å². The van der Waals surface area contributed by atoms with E-state index >= 15 is 0 Å². The van der Waals surface area contributed by atoms with Crippen molar-refractivity contribution in [3.63, 3.8) is 0 Å². The Morgan fingerprint density at radius 3 is 2.63 bits per heavy atom. The molecule has 0 saturated heterocycles. The molecule has 0 atom stereocenters. The lowest BCUT2D eigenvalue weighted by Crippen LogP contribution is -2.29. The molecule has 0 saturated carbocycles. The fraction of sp³-hybridized carbons (Fsp3) is 0.286. The van der Waals surface area contributed by atoms with Crippen LogP contribution in [0.15, 0.2) is 53.7 Å². The first-order chi connectivity index (χ1) is 14.3. The number of benzene rings is 2. The third kappa shape index (κ3) is 5.13. The monoisotopic (exact) mass is 432 g/mol. The summed E-state index contributed by atoms with van der Waals surface area (Å²) in [5.74, 6) is -0.101. The molecule has 0 unspecified atom stereocenters. The minimum absolute atomic E-state index is 0.0756. The molecule has 1 heterocycles. The van der Waals surface area contributed by atoms with Crippen LogP contribution in [0.25, 0.3) is 11.0 Å². The van der Waals surface area contributed by atoms with E-state index in [9.17, 15) is 18.0 Å². The molecule has 5 nitrogen and oxygen atoms in total. The summed E-state index contributed by atoms with van der Waals surface area (Å²) in [7, 11) is 1.61. The van der Waals surface area contributed by atoms with Crippen LogP contribution in [0.3, 0.4) is 0 Å². The number of carbonyl (C=O) groups excluding carboxylic acids is 1. The van der Waals surface area contributed by atoms with E-state index in [-0.39, 0.29) is 23.6 Å². The zero-order valence-corrected chi connectivity index (χ0v) is 17.0. The van der Waals surface area contributed by atoms with Crippen LogP contribution in [0, 0.1) is 11.3 Å². The summed E-state index contributed by atoms with van der Waals surface area (Å²) in [6.45, 7) is 0.745. The summed E-state index contributed by atoms with van der Waals surface area (Å²) in [6, 6.07) is 15.0. The minimum atomic E-state index is -4.45. The number of hydrogen-bond donors (Lipinski definition) is 0. The lowest BCUT2D eigenvalue weighted by molar-refractivity contribution is -0.137. The number of nitrogens with zero attached hydrogens (tertiary/aromatic N) is 4. The van der Waals surface area contributed by atoms with Gasteiger partial charge in [0.25, 0.3) is 0 Å². The van der Waals surface area contributed by atoms with Gasteiger partial charge in [-0.25, -0.2) is 4.98 Å². The number of alkyl halides is 3. The number of aromatic nitrogens is 2. The van der Waals surface area contributed by atoms with Gasteiger partial charge in [0.1, 0.15) is 0 Å². The molecule has 0 aliphatic rings. The van der Waals surface area contributed by atoms with Crippen molar-refractivity contribution < 1.29 is 18.0 Å². The van der Waals surface area contributed by atoms with Crippen molar-refractivity contribution in [2.75, 3.05) is 19.3 Å². The van der Waals surface area contributed by atoms with Gasteiger partial charge in [0.05, 0.1) is 41.4 Å². The Balaban J connectivity index is 1.91. The maximum absolute atomic E-state index is 13.1. The molecular formula is C21H19F3N4OS. The van der Waals surface area contributed by atoms with Gasteiger partial charge >= 0.3 is 6.18 Å². The Morgan fingerprint density at radius 2 is 1.97 bits per heavy atom. The summed E-state index contributed by atoms with van der Waals surface area (Å²) in [5.41, 5.74) is 1.01. The SMILES string of the molecule is CN(CCC#N)C(=O)CSc1nc2cc(C(F)(F)F)ccc2n1Cc1ccccc1. The molecule has 3 rings (SSSR count). The molecule has 3 aromatic rings. The number of amides is 1. The van der Waals surface area contributed by atoms with E-state index in [1.807, 2.05) is 41.0 Å². The molecule has 1 aromatic heterocycles. The van der Waals surface area contributed by atoms with Crippen LogP contribution in [-0.2, 0) is 17.5 Å². The van der Waals surface area contributed by atoms with Gasteiger partial charge in [0.15, 0.2) is 5.16 Å².